The standard InChI is InChI=1S/C10H19N/c1-3-4-5-9-11-10(2)7-6-8-10/h3,11H,1,4-9H2,2H3. The predicted octanol–water partition coefficient (Wildman–Crippen LogP) is 2.48. The molecule has 1 N–H and O–H groups in total. The van der Waals surface area contributed by atoms with E-state index in [0.717, 1.165) is 13.0 Å². The Balaban J connectivity index is 1.97. The van der Waals surface area contributed by atoms with Gasteiger partial charge < -0.3 is 5.32 Å². The molecule has 1 aliphatic rings. The normalized spacial score (nSPS) is 20.8. The van der Waals surface area contributed by atoms with E-state index in [9.17, 15) is 0 Å². The van der Waals surface area contributed by atoms with Gasteiger partial charge in [0.25, 0.3) is 0 Å². The molecule has 0 aliphatic heterocycles. The van der Waals surface area contributed by atoms with Crippen molar-refractivity contribution in [3.05, 3.63) is 12.7 Å². The smallest absolute Gasteiger partial charge is 0.0153 e. The molecule has 0 aromatic heterocycles. The minimum absolute atomic E-state index is 0.487. The number of rotatable bonds is 5. The zero-order chi connectivity index (χ0) is 8.16. The van der Waals surface area contributed by atoms with Gasteiger partial charge in [0.1, 0.15) is 0 Å². The molecule has 11 heavy (non-hydrogen) atoms. The fraction of sp³-hybridized carbons (Fsp3) is 0.800. The SMILES string of the molecule is C=CCCCNC1(C)CCC1. The van der Waals surface area contributed by atoms with E-state index in [1.54, 1.807) is 0 Å². The lowest BCUT2D eigenvalue weighted by Crippen LogP contribution is -2.48. The van der Waals surface area contributed by atoms with E-state index in [0.29, 0.717) is 5.54 Å². The van der Waals surface area contributed by atoms with Gasteiger partial charge in [-0.05, 0) is 45.6 Å². The third kappa shape index (κ3) is 2.66. The van der Waals surface area contributed by atoms with Crippen molar-refractivity contribution in [2.45, 2.75) is 44.6 Å². The highest BCUT2D eigenvalue weighted by Gasteiger charge is 2.30. The second kappa shape index (κ2) is 3.91. The number of nitrogens with one attached hydrogen (secondary N) is 1. The van der Waals surface area contributed by atoms with Crippen LogP contribution in [0, 0.1) is 0 Å². The summed E-state index contributed by atoms with van der Waals surface area (Å²) in [5.41, 5.74) is 0.487. The molecule has 1 fully saturated rings. The van der Waals surface area contributed by atoms with Crippen LogP contribution in [0.3, 0.4) is 0 Å². The summed E-state index contributed by atoms with van der Waals surface area (Å²) in [5, 5.41) is 3.58. The maximum absolute atomic E-state index is 3.70. The third-order valence-corrected chi connectivity index (χ3v) is 2.59. The Morgan fingerprint density at radius 1 is 1.55 bits per heavy atom. The van der Waals surface area contributed by atoms with E-state index < -0.39 is 0 Å². The average molecular weight is 153 g/mol. The van der Waals surface area contributed by atoms with E-state index in [1.807, 2.05) is 6.08 Å². The van der Waals surface area contributed by atoms with Crippen LogP contribution in [0.5, 0.6) is 0 Å². The zero-order valence-electron chi connectivity index (χ0n) is 7.53. The van der Waals surface area contributed by atoms with Crippen molar-refractivity contribution in [3.63, 3.8) is 0 Å². The van der Waals surface area contributed by atoms with Crippen molar-refractivity contribution in [1.29, 1.82) is 0 Å². The first-order valence-electron chi connectivity index (χ1n) is 4.63. The number of hydrogen-bond donors (Lipinski definition) is 1. The molecular formula is C10H19N. The molecule has 1 rings (SSSR count). The lowest BCUT2D eigenvalue weighted by atomic mass is 9.78. The molecule has 0 radical (unpaired) electrons. The first kappa shape index (κ1) is 8.79. The molecule has 0 saturated heterocycles. The highest BCUT2D eigenvalue weighted by Crippen LogP contribution is 2.30. The van der Waals surface area contributed by atoms with Gasteiger partial charge in [-0.3, -0.25) is 0 Å². The summed E-state index contributed by atoms with van der Waals surface area (Å²) in [6.45, 7) is 7.18. The highest BCUT2D eigenvalue weighted by atomic mass is 15.0. The molecular weight excluding hydrogens is 134 g/mol. The summed E-state index contributed by atoms with van der Waals surface area (Å²) in [7, 11) is 0. The first-order chi connectivity index (χ1) is 5.27. The van der Waals surface area contributed by atoms with Gasteiger partial charge in [0, 0.05) is 5.54 Å². The maximum Gasteiger partial charge on any atom is 0.0153 e. The summed E-state index contributed by atoms with van der Waals surface area (Å²) < 4.78 is 0. The summed E-state index contributed by atoms with van der Waals surface area (Å²) in [6.07, 6.45) is 8.50. The lowest BCUT2D eigenvalue weighted by molar-refractivity contribution is 0.209. The number of unbranched alkanes of at least 4 members (excludes halogenated alkanes) is 1. The van der Waals surface area contributed by atoms with Gasteiger partial charge in [-0.25, -0.2) is 0 Å². The third-order valence-electron chi connectivity index (χ3n) is 2.59. The van der Waals surface area contributed by atoms with E-state index in [1.165, 1.54) is 25.7 Å². The Labute approximate surface area is 69.9 Å². The highest BCUT2D eigenvalue weighted by molar-refractivity contribution is 4.91. The topological polar surface area (TPSA) is 12.0 Å². The van der Waals surface area contributed by atoms with E-state index in [4.69, 9.17) is 0 Å². The summed E-state index contributed by atoms with van der Waals surface area (Å²) in [6, 6.07) is 0. The van der Waals surface area contributed by atoms with Crippen molar-refractivity contribution in [2.75, 3.05) is 6.54 Å². The maximum atomic E-state index is 3.70. The second-order valence-electron chi connectivity index (χ2n) is 3.77. The molecule has 1 heteroatoms. The minimum Gasteiger partial charge on any atom is -0.312 e. The Kier molecular flexibility index (Phi) is 3.13. The van der Waals surface area contributed by atoms with Crippen LogP contribution >= 0.6 is 0 Å². The van der Waals surface area contributed by atoms with Crippen molar-refractivity contribution in [2.24, 2.45) is 0 Å². The fourth-order valence-electron chi connectivity index (χ4n) is 1.52. The number of hydrogen-bond acceptors (Lipinski definition) is 1. The van der Waals surface area contributed by atoms with Crippen LogP contribution in [0.2, 0.25) is 0 Å². The molecule has 0 atom stereocenters. The molecule has 0 amide bonds. The number of allylic oxidation sites excluding steroid dienone is 1. The van der Waals surface area contributed by atoms with Crippen molar-refractivity contribution in [1.82, 2.24) is 5.32 Å². The van der Waals surface area contributed by atoms with E-state index in [-0.39, 0.29) is 0 Å². The van der Waals surface area contributed by atoms with E-state index in [2.05, 4.69) is 18.8 Å². The van der Waals surface area contributed by atoms with Gasteiger partial charge in [-0.15, -0.1) is 6.58 Å². The van der Waals surface area contributed by atoms with Gasteiger partial charge in [0.05, 0.1) is 0 Å². The average Bonchev–Trinajstić information content (AvgIpc) is 1.95. The second-order valence-corrected chi connectivity index (χ2v) is 3.77. The molecule has 0 aromatic rings. The van der Waals surface area contributed by atoms with Crippen LogP contribution in [0.1, 0.15) is 39.0 Å². The van der Waals surface area contributed by atoms with Gasteiger partial charge in [-0.2, -0.15) is 0 Å². The summed E-state index contributed by atoms with van der Waals surface area (Å²) in [5.74, 6) is 0. The molecule has 0 spiro atoms. The fourth-order valence-corrected chi connectivity index (χ4v) is 1.52. The Hall–Kier alpha value is -0.300. The van der Waals surface area contributed by atoms with Crippen LogP contribution in [-0.4, -0.2) is 12.1 Å². The molecule has 1 saturated carbocycles. The molecule has 64 valence electrons. The van der Waals surface area contributed by atoms with Gasteiger partial charge >= 0.3 is 0 Å². The molecule has 0 aromatic carbocycles. The molecule has 1 aliphatic carbocycles. The first-order valence-corrected chi connectivity index (χ1v) is 4.63. The molecule has 1 nitrogen and oxygen atoms in total. The van der Waals surface area contributed by atoms with Gasteiger partial charge in [0.15, 0.2) is 0 Å². The van der Waals surface area contributed by atoms with Crippen LogP contribution < -0.4 is 5.32 Å². The largest absolute Gasteiger partial charge is 0.312 e. The van der Waals surface area contributed by atoms with Gasteiger partial charge in [-0.1, -0.05) is 6.08 Å². The predicted molar refractivity (Wildman–Crippen MR) is 49.7 cm³/mol. The Morgan fingerprint density at radius 3 is 2.73 bits per heavy atom. The van der Waals surface area contributed by atoms with Crippen LogP contribution in [0.25, 0.3) is 0 Å². The molecule has 0 unspecified atom stereocenters. The van der Waals surface area contributed by atoms with Crippen molar-refractivity contribution < 1.29 is 0 Å². The van der Waals surface area contributed by atoms with Crippen LogP contribution in [0.15, 0.2) is 12.7 Å². The van der Waals surface area contributed by atoms with Crippen molar-refractivity contribution >= 4 is 0 Å². The van der Waals surface area contributed by atoms with Crippen LogP contribution in [-0.2, 0) is 0 Å². The Bertz CT molecular complexity index is 125. The van der Waals surface area contributed by atoms with Gasteiger partial charge in [0.2, 0.25) is 0 Å². The van der Waals surface area contributed by atoms with E-state index >= 15 is 0 Å². The van der Waals surface area contributed by atoms with Crippen LogP contribution in [0.4, 0.5) is 0 Å². The van der Waals surface area contributed by atoms with Crippen molar-refractivity contribution in [3.8, 4) is 0 Å². The lowest BCUT2D eigenvalue weighted by Gasteiger charge is -2.39. The quantitative estimate of drug-likeness (QED) is 0.472. The minimum atomic E-state index is 0.487. The molecule has 0 bridgehead atoms. The summed E-state index contributed by atoms with van der Waals surface area (Å²) in [4.78, 5) is 0. The summed E-state index contributed by atoms with van der Waals surface area (Å²) >= 11 is 0. The monoisotopic (exact) mass is 153 g/mol. The zero-order valence-corrected chi connectivity index (χ0v) is 7.53. The molecule has 0 heterocycles. The Morgan fingerprint density at radius 2 is 2.27 bits per heavy atom.